The van der Waals surface area contributed by atoms with Crippen LogP contribution in [0.4, 0.5) is 0 Å². The molecule has 1 aromatic rings. The van der Waals surface area contributed by atoms with Gasteiger partial charge in [-0.15, -0.1) is 11.3 Å². The predicted octanol–water partition coefficient (Wildman–Crippen LogP) is 1.83. The van der Waals surface area contributed by atoms with Crippen molar-refractivity contribution >= 4 is 11.3 Å². The molecule has 3 nitrogen and oxygen atoms in total. The van der Waals surface area contributed by atoms with E-state index in [2.05, 4.69) is 37.1 Å². The maximum absolute atomic E-state index is 8.96. The Hall–Kier alpha value is -0.420. The predicted molar refractivity (Wildman–Crippen MR) is 72.5 cm³/mol. The average molecular weight is 257 g/mol. The summed E-state index contributed by atoms with van der Waals surface area (Å²) in [5.41, 5.74) is 1.54. The maximum atomic E-state index is 8.96. The Morgan fingerprint density at radius 2 is 1.76 bits per heavy atom. The van der Waals surface area contributed by atoms with Crippen molar-refractivity contribution in [2.45, 2.75) is 32.7 Å². The van der Waals surface area contributed by atoms with Gasteiger partial charge in [-0.05, 0) is 22.4 Å². The maximum Gasteiger partial charge on any atom is 0.0558 e. The Labute approximate surface area is 108 Å². The monoisotopic (exact) mass is 257 g/mol. The summed E-state index contributed by atoms with van der Waals surface area (Å²) in [6, 6.07) is 2.23. The zero-order valence-corrected chi connectivity index (χ0v) is 11.8. The molecule has 0 saturated carbocycles. The second-order valence-corrected chi connectivity index (χ2v) is 6.27. The summed E-state index contributed by atoms with van der Waals surface area (Å²) < 4.78 is 0. The number of thiophene rings is 1. The summed E-state index contributed by atoms with van der Waals surface area (Å²) in [6.45, 7) is 8.93. The van der Waals surface area contributed by atoms with Gasteiger partial charge in [0, 0.05) is 24.5 Å². The third-order valence-electron chi connectivity index (χ3n) is 2.73. The third-order valence-corrected chi connectivity index (χ3v) is 3.65. The van der Waals surface area contributed by atoms with Crippen LogP contribution < -0.4 is 0 Å². The van der Waals surface area contributed by atoms with Crippen molar-refractivity contribution in [1.82, 2.24) is 4.90 Å². The molecule has 0 unspecified atom stereocenters. The number of aliphatic hydroxyl groups excluding tert-OH is 2. The first kappa shape index (κ1) is 14.6. The molecular weight excluding hydrogens is 234 g/mol. The smallest absolute Gasteiger partial charge is 0.0558 e. The highest BCUT2D eigenvalue weighted by molar-refractivity contribution is 7.10. The van der Waals surface area contributed by atoms with Crippen molar-refractivity contribution < 1.29 is 10.2 Å². The molecule has 98 valence electrons. The lowest BCUT2D eigenvalue weighted by Gasteiger charge is -2.19. The second-order valence-electron chi connectivity index (χ2n) is 5.28. The largest absolute Gasteiger partial charge is 0.395 e. The zero-order chi connectivity index (χ0) is 12.9. The SMILES string of the molecule is CC(C)(C)c1csc(CN(CCO)CCO)c1. The molecule has 0 aliphatic carbocycles. The van der Waals surface area contributed by atoms with Crippen molar-refractivity contribution in [2.75, 3.05) is 26.3 Å². The van der Waals surface area contributed by atoms with E-state index in [1.807, 2.05) is 0 Å². The number of nitrogens with zero attached hydrogens (tertiary/aromatic N) is 1. The molecule has 0 aliphatic heterocycles. The van der Waals surface area contributed by atoms with Gasteiger partial charge in [-0.3, -0.25) is 4.90 Å². The molecule has 17 heavy (non-hydrogen) atoms. The molecule has 1 rings (SSSR count). The van der Waals surface area contributed by atoms with E-state index in [-0.39, 0.29) is 18.6 Å². The lowest BCUT2D eigenvalue weighted by Crippen LogP contribution is -2.29. The van der Waals surface area contributed by atoms with E-state index in [0.717, 1.165) is 6.54 Å². The minimum absolute atomic E-state index is 0.136. The molecule has 0 fully saturated rings. The van der Waals surface area contributed by atoms with Crippen molar-refractivity contribution in [3.8, 4) is 0 Å². The Bertz CT molecular complexity index is 324. The Morgan fingerprint density at radius 3 is 2.18 bits per heavy atom. The van der Waals surface area contributed by atoms with Gasteiger partial charge in [-0.25, -0.2) is 0 Å². The third kappa shape index (κ3) is 4.76. The number of rotatable bonds is 6. The molecule has 0 radical (unpaired) electrons. The van der Waals surface area contributed by atoms with Gasteiger partial charge < -0.3 is 10.2 Å². The van der Waals surface area contributed by atoms with E-state index in [1.54, 1.807) is 11.3 Å². The van der Waals surface area contributed by atoms with Crippen molar-refractivity contribution in [3.63, 3.8) is 0 Å². The average Bonchev–Trinajstić information content (AvgIpc) is 2.66. The quantitative estimate of drug-likeness (QED) is 0.817. The normalized spacial score (nSPS) is 12.4. The van der Waals surface area contributed by atoms with E-state index in [0.29, 0.717) is 13.1 Å². The van der Waals surface area contributed by atoms with E-state index >= 15 is 0 Å². The highest BCUT2D eigenvalue weighted by atomic mass is 32.1. The van der Waals surface area contributed by atoms with Crippen LogP contribution in [0.3, 0.4) is 0 Å². The first-order valence-corrected chi connectivity index (χ1v) is 6.87. The molecule has 0 spiro atoms. The van der Waals surface area contributed by atoms with Crippen molar-refractivity contribution in [1.29, 1.82) is 0 Å². The molecule has 0 bridgehead atoms. The van der Waals surface area contributed by atoms with Crippen LogP contribution in [0, 0.1) is 0 Å². The van der Waals surface area contributed by atoms with Gasteiger partial charge in [0.1, 0.15) is 0 Å². The molecule has 0 atom stereocenters. The molecule has 0 amide bonds. The molecule has 4 heteroatoms. The minimum Gasteiger partial charge on any atom is -0.395 e. The minimum atomic E-state index is 0.136. The van der Waals surface area contributed by atoms with Gasteiger partial charge in [-0.1, -0.05) is 20.8 Å². The summed E-state index contributed by atoms with van der Waals surface area (Å²) in [6.07, 6.45) is 0. The topological polar surface area (TPSA) is 43.7 Å². The first-order chi connectivity index (χ1) is 7.97. The lowest BCUT2D eigenvalue weighted by molar-refractivity contribution is 0.157. The fourth-order valence-corrected chi connectivity index (χ4v) is 2.78. The van der Waals surface area contributed by atoms with Gasteiger partial charge >= 0.3 is 0 Å². The summed E-state index contributed by atoms with van der Waals surface area (Å²) in [4.78, 5) is 3.36. The van der Waals surface area contributed by atoms with Gasteiger partial charge in [0.05, 0.1) is 13.2 Å². The van der Waals surface area contributed by atoms with Gasteiger partial charge in [0.2, 0.25) is 0 Å². The molecule has 1 heterocycles. The fourth-order valence-electron chi connectivity index (χ4n) is 1.63. The van der Waals surface area contributed by atoms with E-state index in [1.165, 1.54) is 10.4 Å². The van der Waals surface area contributed by atoms with Crippen LogP contribution in [0.25, 0.3) is 0 Å². The highest BCUT2D eigenvalue weighted by Gasteiger charge is 2.16. The highest BCUT2D eigenvalue weighted by Crippen LogP contribution is 2.27. The summed E-state index contributed by atoms with van der Waals surface area (Å²) >= 11 is 1.75. The number of hydrogen-bond donors (Lipinski definition) is 2. The van der Waals surface area contributed by atoms with Gasteiger partial charge in [-0.2, -0.15) is 0 Å². The van der Waals surface area contributed by atoms with Crippen LogP contribution in [-0.2, 0) is 12.0 Å². The molecule has 2 N–H and O–H groups in total. The zero-order valence-electron chi connectivity index (χ0n) is 10.9. The van der Waals surface area contributed by atoms with Gasteiger partial charge in [0.15, 0.2) is 0 Å². The Kier molecular flexibility index (Phi) is 5.59. The molecule has 0 saturated heterocycles. The lowest BCUT2D eigenvalue weighted by atomic mass is 9.89. The van der Waals surface area contributed by atoms with Crippen LogP contribution in [-0.4, -0.2) is 41.4 Å². The second kappa shape index (κ2) is 6.50. The molecule has 1 aromatic heterocycles. The molecule has 0 aliphatic rings. The van der Waals surface area contributed by atoms with Crippen LogP contribution in [0.2, 0.25) is 0 Å². The summed E-state index contributed by atoms with van der Waals surface area (Å²) in [5, 5.41) is 20.1. The van der Waals surface area contributed by atoms with E-state index in [9.17, 15) is 0 Å². The van der Waals surface area contributed by atoms with Crippen molar-refractivity contribution in [3.05, 3.63) is 21.9 Å². The Morgan fingerprint density at radius 1 is 1.18 bits per heavy atom. The number of aliphatic hydroxyl groups is 2. The number of hydrogen-bond acceptors (Lipinski definition) is 4. The summed E-state index contributed by atoms with van der Waals surface area (Å²) in [7, 11) is 0. The fraction of sp³-hybridized carbons (Fsp3) is 0.692. The molecule has 0 aromatic carbocycles. The standard InChI is InChI=1S/C13H23NO2S/c1-13(2,3)11-8-12(17-10-11)9-14(4-6-15)5-7-16/h8,10,15-16H,4-7,9H2,1-3H3. The van der Waals surface area contributed by atoms with Crippen LogP contribution >= 0.6 is 11.3 Å². The summed E-state index contributed by atoms with van der Waals surface area (Å²) in [5.74, 6) is 0. The van der Waals surface area contributed by atoms with Crippen LogP contribution in [0.5, 0.6) is 0 Å². The van der Waals surface area contributed by atoms with E-state index < -0.39 is 0 Å². The van der Waals surface area contributed by atoms with Crippen LogP contribution in [0.1, 0.15) is 31.2 Å². The van der Waals surface area contributed by atoms with E-state index in [4.69, 9.17) is 10.2 Å². The Balaban J connectivity index is 2.63. The van der Waals surface area contributed by atoms with Crippen LogP contribution in [0.15, 0.2) is 11.4 Å². The first-order valence-electron chi connectivity index (χ1n) is 5.99. The van der Waals surface area contributed by atoms with Crippen molar-refractivity contribution in [2.24, 2.45) is 0 Å². The van der Waals surface area contributed by atoms with Gasteiger partial charge in [0.25, 0.3) is 0 Å². The molecular formula is C13H23NO2S.